The minimum Gasteiger partial charge on any atom is -0.379 e. The number of hydrogen-bond acceptors (Lipinski definition) is 3. The third-order valence-electron chi connectivity index (χ3n) is 5.05. The third-order valence-corrected chi connectivity index (χ3v) is 5.05. The van der Waals surface area contributed by atoms with Crippen LogP contribution in [0.2, 0.25) is 0 Å². The third kappa shape index (κ3) is 2.89. The molecule has 2 aliphatic rings. The summed E-state index contributed by atoms with van der Waals surface area (Å²) in [6.45, 7) is 3.19. The zero-order chi connectivity index (χ0) is 12.8. The number of likely N-dealkylation sites (tertiary alicyclic amines) is 1. The van der Waals surface area contributed by atoms with Crippen molar-refractivity contribution in [1.82, 2.24) is 4.90 Å². The Hall–Kier alpha value is -0.120. The second-order valence-electron chi connectivity index (χ2n) is 6.03. The van der Waals surface area contributed by atoms with Gasteiger partial charge in [-0.3, -0.25) is 4.90 Å². The highest BCUT2D eigenvalue weighted by molar-refractivity contribution is 5.01. The van der Waals surface area contributed by atoms with Crippen LogP contribution in [-0.2, 0) is 4.74 Å². The van der Waals surface area contributed by atoms with Gasteiger partial charge in [0.25, 0.3) is 0 Å². The molecule has 2 N–H and O–H groups in total. The zero-order valence-corrected chi connectivity index (χ0v) is 12.0. The SMILES string of the molecule is COC1CCCCC1(CN)N1CCCCCCC1. The molecule has 0 aromatic rings. The Morgan fingerprint density at radius 1 is 1.06 bits per heavy atom. The van der Waals surface area contributed by atoms with E-state index in [4.69, 9.17) is 10.5 Å². The van der Waals surface area contributed by atoms with E-state index in [1.807, 2.05) is 7.11 Å². The molecule has 2 rings (SSSR count). The van der Waals surface area contributed by atoms with E-state index in [0.29, 0.717) is 6.10 Å². The molecule has 0 bridgehead atoms. The van der Waals surface area contributed by atoms with Crippen LogP contribution in [0.1, 0.15) is 57.8 Å². The van der Waals surface area contributed by atoms with Gasteiger partial charge in [0.15, 0.2) is 0 Å². The van der Waals surface area contributed by atoms with Crippen molar-refractivity contribution in [2.75, 3.05) is 26.7 Å². The highest BCUT2D eigenvalue weighted by atomic mass is 16.5. The summed E-state index contributed by atoms with van der Waals surface area (Å²) in [6, 6.07) is 0. The lowest BCUT2D eigenvalue weighted by Crippen LogP contribution is -2.63. The van der Waals surface area contributed by atoms with Gasteiger partial charge < -0.3 is 10.5 Å². The van der Waals surface area contributed by atoms with Crippen LogP contribution in [-0.4, -0.2) is 43.3 Å². The lowest BCUT2D eigenvalue weighted by molar-refractivity contribution is -0.0776. The van der Waals surface area contributed by atoms with Gasteiger partial charge in [0.1, 0.15) is 0 Å². The van der Waals surface area contributed by atoms with Gasteiger partial charge in [0, 0.05) is 13.7 Å². The highest BCUT2D eigenvalue weighted by Gasteiger charge is 2.44. The zero-order valence-electron chi connectivity index (χ0n) is 12.0. The quantitative estimate of drug-likeness (QED) is 0.841. The van der Waals surface area contributed by atoms with E-state index in [9.17, 15) is 0 Å². The molecule has 3 heteroatoms. The van der Waals surface area contributed by atoms with Crippen molar-refractivity contribution < 1.29 is 4.74 Å². The topological polar surface area (TPSA) is 38.5 Å². The van der Waals surface area contributed by atoms with Gasteiger partial charge in [-0.25, -0.2) is 0 Å². The lowest BCUT2D eigenvalue weighted by atomic mass is 9.77. The number of nitrogens with zero attached hydrogens (tertiary/aromatic N) is 1. The summed E-state index contributed by atoms with van der Waals surface area (Å²) in [5.41, 5.74) is 6.33. The highest BCUT2D eigenvalue weighted by Crippen LogP contribution is 2.36. The first-order chi connectivity index (χ1) is 8.83. The molecule has 0 aromatic carbocycles. The maximum absolute atomic E-state index is 6.20. The fourth-order valence-corrected chi connectivity index (χ4v) is 3.94. The fourth-order valence-electron chi connectivity index (χ4n) is 3.94. The molecule has 1 saturated carbocycles. The molecule has 0 aromatic heterocycles. The molecule has 0 radical (unpaired) electrons. The van der Waals surface area contributed by atoms with Gasteiger partial charge in [0.2, 0.25) is 0 Å². The van der Waals surface area contributed by atoms with Gasteiger partial charge in [-0.05, 0) is 38.8 Å². The molecule has 0 amide bonds. The number of ether oxygens (including phenoxy) is 1. The first-order valence-electron chi connectivity index (χ1n) is 7.81. The van der Waals surface area contributed by atoms with Crippen LogP contribution in [0.5, 0.6) is 0 Å². The van der Waals surface area contributed by atoms with Gasteiger partial charge in [-0.2, -0.15) is 0 Å². The van der Waals surface area contributed by atoms with E-state index >= 15 is 0 Å². The van der Waals surface area contributed by atoms with Gasteiger partial charge in [-0.1, -0.05) is 32.1 Å². The summed E-state index contributed by atoms with van der Waals surface area (Å²) in [5, 5.41) is 0. The summed E-state index contributed by atoms with van der Waals surface area (Å²) in [4.78, 5) is 2.68. The summed E-state index contributed by atoms with van der Waals surface area (Å²) >= 11 is 0. The van der Waals surface area contributed by atoms with E-state index < -0.39 is 0 Å². The van der Waals surface area contributed by atoms with E-state index in [-0.39, 0.29) is 5.54 Å². The van der Waals surface area contributed by atoms with Gasteiger partial charge in [-0.15, -0.1) is 0 Å². The van der Waals surface area contributed by atoms with Crippen molar-refractivity contribution in [2.24, 2.45) is 5.73 Å². The van der Waals surface area contributed by atoms with E-state index in [0.717, 1.165) is 6.54 Å². The molecular weight excluding hydrogens is 224 g/mol. The number of nitrogens with two attached hydrogens (primary N) is 1. The minimum absolute atomic E-state index is 0.129. The first-order valence-corrected chi connectivity index (χ1v) is 7.81. The molecular formula is C15H30N2O. The molecule has 0 spiro atoms. The Balaban J connectivity index is 2.11. The summed E-state index contributed by atoms with van der Waals surface area (Å²) in [5.74, 6) is 0. The Bertz CT molecular complexity index is 239. The van der Waals surface area contributed by atoms with Gasteiger partial charge in [0.05, 0.1) is 11.6 Å². The Morgan fingerprint density at radius 2 is 1.72 bits per heavy atom. The predicted molar refractivity (Wildman–Crippen MR) is 75.7 cm³/mol. The minimum atomic E-state index is 0.129. The van der Waals surface area contributed by atoms with Crippen molar-refractivity contribution in [3.05, 3.63) is 0 Å². The van der Waals surface area contributed by atoms with Crippen LogP contribution in [0.25, 0.3) is 0 Å². The molecule has 1 aliphatic heterocycles. The molecule has 1 heterocycles. The van der Waals surface area contributed by atoms with Crippen LogP contribution in [0.4, 0.5) is 0 Å². The van der Waals surface area contributed by atoms with Crippen molar-refractivity contribution in [3.8, 4) is 0 Å². The largest absolute Gasteiger partial charge is 0.379 e. The second-order valence-corrected chi connectivity index (χ2v) is 6.03. The fraction of sp³-hybridized carbons (Fsp3) is 1.00. The van der Waals surface area contributed by atoms with Crippen LogP contribution < -0.4 is 5.73 Å². The molecule has 18 heavy (non-hydrogen) atoms. The van der Waals surface area contributed by atoms with Gasteiger partial charge >= 0.3 is 0 Å². The standard InChI is InChI=1S/C15H30N2O/c1-18-14-9-5-6-10-15(14,13-16)17-11-7-3-2-4-8-12-17/h14H,2-13,16H2,1H3. The Morgan fingerprint density at radius 3 is 2.33 bits per heavy atom. The van der Waals surface area contributed by atoms with Crippen LogP contribution in [0.3, 0.4) is 0 Å². The Kier molecular flexibility index (Phi) is 5.46. The molecule has 2 atom stereocenters. The van der Waals surface area contributed by atoms with E-state index in [1.54, 1.807) is 0 Å². The normalized spacial score (nSPS) is 36.0. The van der Waals surface area contributed by atoms with E-state index in [2.05, 4.69) is 4.90 Å². The summed E-state index contributed by atoms with van der Waals surface area (Å²) in [6.07, 6.45) is 12.2. The Labute approximate surface area is 112 Å². The molecule has 3 nitrogen and oxygen atoms in total. The monoisotopic (exact) mass is 254 g/mol. The maximum Gasteiger partial charge on any atom is 0.0767 e. The molecule has 106 valence electrons. The smallest absolute Gasteiger partial charge is 0.0767 e. The average Bonchev–Trinajstić information content (AvgIpc) is 2.38. The molecule has 2 fully saturated rings. The van der Waals surface area contributed by atoms with Crippen molar-refractivity contribution >= 4 is 0 Å². The van der Waals surface area contributed by atoms with Crippen LogP contribution in [0.15, 0.2) is 0 Å². The summed E-state index contributed by atoms with van der Waals surface area (Å²) < 4.78 is 5.80. The van der Waals surface area contributed by atoms with Crippen molar-refractivity contribution in [3.63, 3.8) is 0 Å². The maximum atomic E-state index is 6.20. The van der Waals surface area contributed by atoms with Crippen LogP contribution >= 0.6 is 0 Å². The number of rotatable bonds is 3. The average molecular weight is 254 g/mol. The molecule has 1 aliphatic carbocycles. The van der Waals surface area contributed by atoms with E-state index in [1.165, 1.54) is 70.9 Å². The number of hydrogen-bond donors (Lipinski definition) is 1. The predicted octanol–water partition coefficient (Wildman–Crippen LogP) is 2.54. The lowest BCUT2D eigenvalue weighted by Gasteiger charge is -2.51. The molecule has 1 saturated heterocycles. The second kappa shape index (κ2) is 6.88. The van der Waals surface area contributed by atoms with Crippen LogP contribution in [0, 0.1) is 0 Å². The summed E-state index contributed by atoms with van der Waals surface area (Å²) in [7, 11) is 1.87. The molecule has 2 unspecified atom stereocenters. The van der Waals surface area contributed by atoms with Crippen molar-refractivity contribution in [1.29, 1.82) is 0 Å². The number of methoxy groups -OCH3 is 1. The van der Waals surface area contributed by atoms with Crippen molar-refractivity contribution in [2.45, 2.75) is 69.4 Å². The first kappa shape index (κ1) is 14.3.